The van der Waals surface area contributed by atoms with Gasteiger partial charge in [0.05, 0.1) is 19.3 Å². The third-order valence-corrected chi connectivity index (χ3v) is 9.57. The van der Waals surface area contributed by atoms with Crippen molar-refractivity contribution >= 4 is 23.7 Å². The highest BCUT2D eigenvalue weighted by atomic mass is 16.5. The van der Waals surface area contributed by atoms with E-state index in [0.717, 1.165) is 50.8 Å². The molecule has 236 valence electrons. The Morgan fingerprint density at radius 1 is 1.10 bits per heavy atom. The van der Waals surface area contributed by atoms with Gasteiger partial charge in [0.1, 0.15) is 5.41 Å². The van der Waals surface area contributed by atoms with E-state index >= 15 is 0 Å². The smallest absolute Gasteiger partial charge is 0.320 e. The van der Waals surface area contributed by atoms with Crippen LogP contribution in [0.3, 0.4) is 0 Å². The van der Waals surface area contributed by atoms with Crippen molar-refractivity contribution in [3.63, 3.8) is 0 Å². The number of piperidine rings is 1. The minimum atomic E-state index is -1.10. The maximum Gasteiger partial charge on any atom is 0.320 e. The summed E-state index contributed by atoms with van der Waals surface area (Å²) < 4.78 is 12.1. The SMILES string of the molecule is CCCCCCCCN1C(=O)[C@@H](CC(=O)NCCCN2CCCC2=O)C[C@]2(C(=O)OC)C1=C[C@@H](C(C)C)O[C@H]2C1CC1. The van der Waals surface area contributed by atoms with E-state index in [1.807, 2.05) is 15.9 Å². The zero-order valence-electron chi connectivity index (χ0n) is 26.3. The van der Waals surface area contributed by atoms with Gasteiger partial charge in [-0.25, -0.2) is 0 Å². The molecule has 0 spiro atoms. The predicted octanol–water partition coefficient (Wildman–Crippen LogP) is 4.59. The van der Waals surface area contributed by atoms with Crippen molar-refractivity contribution in [2.45, 2.75) is 116 Å². The van der Waals surface area contributed by atoms with Crippen molar-refractivity contribution in [3.8, 4) is 0 Å². The standard InChI is InChI=1S/C33H53N3O6/c1-5-6-7-8-9-10-19-36-27-21-26(23(2)3)42-30(24-14-15-24)33(27,32(40)41-4)22-25(31(36)39)20-28(37)34-16-12-18-35-17-11-13-29(35)38/h21,23-26,30H,5-20,22H2,1-4H3,(H,34,37)/t25-,26-,30-,33-/m0/s1. The molecular formula is C33H53N3O6. The highest BCUT2D eigenvalue weighted by Crippen LogP contribution is 2.56. The van der Waals surface area contributed by atoms with E-state index in [1.165, 1.54) is 26.4 Å². The number of ether oxygens (including phenoxy) is 2. The molecule has 4 atom stereocenters. The zero-order chi connectivity index (χ0) is 30.3. The van der Waals surface area contributed by atoms with Gasteiger partial charge in [0.15, 0.2) is 0 Å². The van der Waals surface area contributed by atoms with Crippen molar-refractivity contribution in [3.05, 3.63) is 11.8 Å². The van der Waals surface area contributed by atoms with Crippen molar-refractivity contribution in [1.29, 1.82) is 0 Å². The molecule has 9 nitrogen and oxygen atoms in total. The van der Waals surface area contributed by atoms with Crippen LogP contribution in [0, 0.1) is 23.2 Å². The number of carbonyl (C=O) groups excluding carboxylic acids is 4. The number of likely N-dealkylation sites (tertiary alicyclic amines) is 2. The van der Waals surface area contributed by atoms with Crippen molar-refractivity contribution in [2.24, 2.45) is 23.2 Å². The van der Waals surface area contributed by atoms with Gasteiger partial charge < -0.3 is 24.6 Å². The first-order valence-electron chi connectivity index (χ1n) is 16.5. The van der Waals surface area contributed by atoms with Crippen LogP contribution >= 0.6 is 0 Å². The predicted molar refractivity (Wildman–Crippen MR) is 160 cm³/mol. The average Bonchev–Trinajstić information content (AvgIpc) is 3.74. The first kappa shape index (κ1) is 32.5. The second-order valence-corrected chi connectivity index (χ2v) is 13.2. The van der Waals surface area contributed by atoms with E-state index in [1.54, 1.807) is 0 Å². The number of hydrogen-bond donors (Lipinski definition) is 1. The van der Waals surface area contributed by atoms with Crippen LogP contribution in [-0.4, -0.2) is 79.0 Å². The fourth-order valence-corrected chi connectivity index (χ4v) is 7.06. The van der Waals surface area contributed by atoms with E-state index in [4.69, 9.17) is 9.47 Å². The molecule has 1 saturated carbocycles. The summed E-state index contributed by atoms with van der Waals surface area (Å²) in [6.07, 6.45) is 12.4. The quantitative estimate of drug-likeness (QED) is 0.209. The summed E-state index contributed by atoms with van der Waals surface area (Å²) in [5.41, 5.74) is -0.361. The number of esters is 1. The number of nitrogens with one attached hydrogen (secondary N) is 1. The maximum atomic E-state index is 14.1. The lowest BCUT2D eigenvalue weighted by atomic mass is 9.64. The zero-order valence-corrected chi connectivity index (χ0v) is 26.3. The van der Waals surface area contributed by atoms with Gasteiger partial charge in [0.2, 0.25) is 17.7 Å². The summed E-state index contributed by atoms with van der Waals surface area (Å²) in [7, 11) is 1.41. The summed E-state index contributed by atoms with van der Waals surface area (Å²) in [6.45, 7) is 8.79. The summed E-state index contributed by atoms with van der Waals surface area (Å²) in [6, 6.07) is 0. The third-order valence-electron chi connectivity index (χ3n) is 9.57. The molecule has 3 amide bonds. The van der Waals surface area contributed by atoms with Crippen LogP contribution in [0.25, 0.3) is 0 Å². The molecule has 3 fully saturated rings. The molecule has 3 aliphatic heterocycles. The van der Waals surface area contributed by atoms with Gasteiger partial charge in [-0.15, -0.1) is 0 Å². The molecule has 9 heteroatoms. The highest BCUT2D eigenvalue weighted by Gasteiger charge is 2.63. The molecule has 0 radical (unpaired) electrons. The highest BCUT2D eigenvalue weighted by molar-refractivity contribution is 5.92. The number of hydrogen-bond acceptors (Lipinski definition) is 6. The number of methoxy groups -OCH3 is 1. The topological polar surface area (TPSA) is 105 Å². The monoisotopic (exact) mass is 587 g/mol. The number of amides is 3. The first-order chi connectivity index (χ1) is 20.2. The number of fused-ring (bicyclic) bond motifs is 1. The van der Waals surface area contributed by atoms with Crippen LogP contribution in [0.5, 0.6) is 0 Å². The molecule has 4 rings (SSSR count). The average molecular weight is 588 g/mol. The van der Waals surface area contributed by atoms with Gasteiger partial charge in [-0.05, 0) is 56.4 Å². The van der Waals surface area contributed by atoms with Gasteiger partial charge in [-0.3, -0.25) is 19.2 Å². The van der Waals surface area contributed by atoms with Gasteiger partial charge >= 0.3 is 5.97 Å². The Morgan fingerprint density at radius 2 is 1.83 bits per heavy atom. The van der Waals surface area contributed by atoms with E-state index in [9.17, 15) is 19.2 Å². The normalized spacial score (nSPS) is 27.7. The Labute approximate surface area is 252 Å². The summed E-state index contributed by atoms with van der Waals surface area (Å²) in [5, 5.41) is 2.96. The third kappa shape index (κ3) is 7.37. The number of rotatable bonds is 16. The molecule has 2 saturated heterocycles. The number of carbonyl (C=O) groups is 4. The lowest BCUT2D eigenvalue weighted by molar-refractivity contribution is -0.182. The summed E-state index contributed by atoms with van der Waals surface area (Å²) in [4.78, 5) is 56.6. The molecule has 4 aliphatic rings. The molecule has 1 aliphatic carbocycles. The summed E-state index contributed by atoms with van der Waals surface area (Å²) in [5.74, 6) is -0.674. The first-order valence-corrected chi connectivity index (χ1v) is 16.5. The fourth-order valence-electron chi connectivity index (χ4n) is 7.06. The molecular weight excluding hydrogens is 534 g/mol. The van der Waals surface area contributed by atoms with Crippen LogP contribution in [0.15, 0.2) is 11.8 Å². The molecule has 0 aromatic rings. The molecule has 42 heavy (non-hydrogen) atoms. The van der Waals surface area contributed by atoms with E-state index in [0.29, 0.717) is 32.5 Å². The van der Waals surface area contributed by atoms with Crippen molar-refractivity contribution < 1.29 is 28.7 Å². The Kier molecular flexibility index (Phi) is 11.5. The molecule has 0 unspecified atom stereocenters. The van der Waals surface area contributed by atoms with Crippen LogP contribution in [0.1, 0.15) is 104 Å². The van der Waals surface area contributed by atoms with Crippen LogP contribution in [0.4, 0.5) is 0 Å². The Balaban J connectivity index is 1.53. The Morgan fingerprint density at radius 3 is 2.48 bits per heavy atom. The van der Waals surface area contributed by atoms with Crippen LogP contribution < -0.4 is 5.32 Å². The largest absolute Gasteiger partial charge is 0.468 e. The van der Waals surface area contributed by atoms with E-state index in [-0.39, 0.29) is 60.6 Å². The molecule has 0 aromatic carbocycles. The van der Waals surface area contributed by atoms with Gasteiger partial charge in [-0.1, -0.05) is 52.9 Å². The van der Waals surface area contributed by atoms with Gasteiger partial charge in [-0.2, -0.15) is 0 Å². The number of nitrogens with zero attached hydrogens (tertiary/aromatic N) is 2. The second-order valence-electron chi connectivity index (χ2n) is 13.2. The van der Waals surface area contributed by atoms with Crippen LogP contribution in [-0.2, 0) is 28.7 Å². The van der Waals surface area contributed by atoms with Crippen molar-refractivity contribution in [1.82, 2.24) is 15.1 Å². The Hall–Kier alpha value is -2.42. The van der Waals surface area contributed by atoms with Gasteiger partial charge in [0.25, 0.3) is 0 Å². The minimum Gasteiger partial charge on any atom is -0.468 e. The Bertz CT molecular complexity index is 1010. The lowest BCUT2D eigenvalue weighted by Crippen LogP contribution is -2.62. The van der Waals surface area contributed by atoms with Crippen LogP contribution in [0.2, 0.25) is 0 Å². The molecule has 1 N–H and O–H groups in total. The van der Waals surface area contributed by atoms with Crippen molar-refractivity contribution in [2.75, 3.05) is 33.3 Å². The minimum absolute atomic E-state index is 0.0193. The number of unbranched alkanes of at least 4 members (excludes halogenated alkanes) is 5. The molecule has 0 aromatic heterocycles. The van der Waals surface area contributed by atoms with E-state index in [2.05, 4.69) is 26.1 Å². The van der Waals surface area contributed by atoms with Gasteiger partial charge in [0, 0.05) is 50.6 Å². The summed E-state index contributed by atoms with van der Waals surface area (Å²) >= 11 is 0. The lowest BCUT2D eigenvalue weighted by Gasteiger charge is -2.53. The fraction of sp³-hybridized carbons (Fsp3) is 0.818. The molecule has 0 bridgehead atoms. The second kappa shape index (κ2) is 14.8. The van der Waals surface area contributed by atoms with E-state index < -0.39 is 11.3 Å². The maximum absolute atomic E-state index is 14.1. The molecule has 3 heterocycles.